The van der Waals surface area contributed by atoms with Gasteiger partial charge in [0.2, 0.25) is 0 Å². The lowest BCUT2D eigenvalue weighted by atomic mass is 9.95. The molecule has 0 saturated carbocycles. The van der Waals surface area contributed by atoms with Gasteiger partial charge in [-0.15, -0.1) is 11.3 Å². The van der Waals surface area contributed by atoms with Crippen LogP contribution in [0.25, 0.3) is 0 Å². The zero-order valence-electron chi connectivity index (χ0n) is 9.73. The molecule has 0 amide bonds. The van der Waals surface area contributed by atoms with Gasteiger partial charge < -0.3 is 15.2 Å². The van der Waals surface area contributed by atoms with Crippen molar-refractivity contribution in [3.8, 4) is 0 Å². The number of nitrogens with two attached hydrogens (primary N) is 1. The number of hydrogen-bond acceptors (Lipinski definition) is 5. The van der Waals surface area contributed by atoms with E-state index in [2.05, 4.69) is 4.98 Å². The standard InChI is InChI=1S/C11H18N2O2S/c1-8(12)9-7-16-10(13-9)11(14-2)3-5-15-6-4-11/h7-8H,3-6,12H2,1-2H3. The van der Waals surface area contributed by atoms with E-state index < -0.39 is 0 Å². The van der Waals surface area contributed by atoms with Gasteiger partial charge in [-0.05, 0) is 6.92 Å². The Morgan fingerprint density at radius 3 is 2.75 bits per heavy atom. The predicted molar refractivity (Wildman–Crippen MR) is 63.5 cm³/mol. The molecule has 1 atom stereocenters. The number of ether oxygens (including phenoxy) is 2. The molecule has 0 spiro atoms. The lowest BCUT2D eigenvalue weighted by Gasteiger charge is -2.33. The van der Waals surface area contributed by atoms with Crippen LogP contribution in [0.3, 0.4) is 0 Å². The summed E-state index contributed by atoms with van der Waals surface area (Å²) in [4.78, 5) is 4.59. The lowest BCUT2D eigenvalue weighted by Crippen LogP contribution is -2.35. The Balaban J connectivity index is 2.25. The first-order valence-corrected chi connectivity index (χ1v) is 6.40. The highest BCUT2D eigenvalue weighted by Gasteiger charge is 2.37. The summed E-state index contributed by atoms with van der Waals surface area (Å²) in [6.07, 6.45) is 1.74. The zero-order chi connectivity index (χ0) is 11.6. The molecule has 2 rings (SSSR count). The van der Waals surface area contributed by atoms with Gasteiger partial charge in [0.1, 0.15) is 10.6 Å². The topological polar surface area (TPSA) is 57.4 Å². The van der Waals surface area contributed by atoms with E-state index in [1.54, 1.807) is 18.4 Å². The molecule has 2 heterocycles. The maximum Gasteiger partial charge on any atom is 0.125 e. The van der Waals surface area contributed by atoms with Crippen LogP contribution < -0.4 is 5.73 Å². The number of hydrogen-bond donors (Lipinski definition) is 1. The van der Waals surface area contributed by atoms with Crippen molar-refractivity contribution in [3.63, 3.8) is 0 Å². The second-order valence-corrected chi connectivity index (χ2v) is 5.04. The molecule has 1 unspecified atom stereocenters. The molecule has 16 heavy (non-hydrogen) atoms. The summed E-state index contributed by atoms with van der Waals surface area (Å²) in [6, 6.07) is -0.0150. The molecule has 1 aromatic heterocycles. The molecule has 2 N–H and O–H groups in total. The number of nitrogens with zero attached hydrogens (tertiary/aromatic N) is 1. The molecule has 4 nitrogen and oxygen atoms in total. The van der Waals surface area contributed by atoms with Crippen molar-refractivity contribution in [1.82, 2.24) is 4.98 Å². The second-order valence-electron chi connectivity index (χ2n) is 4.18. The minimum absolute atomic E-state index is 0.0150. The summed E-state index contributed by atoms with van der Waals surface area (Å²) in [5.41, 5.74) is 6.51. The van der Waals surface area contributed by atoms with Gasteiger partial charge in [0, 0.05) is 44.6 Å². The van der Waals surface area contributed by atoms with Crippen molar-refractivity contribution in [2.24, 2.45) is 5.73 Å². The maximum atomic E-state index is 5.82. The van der Waals surface area contributed by atoms with E-state index in [1.165, 1.54) is 0 Å². The Hall–Kier alpha value is -0.490. The minimum Gasteiger partial charge on any atom is -0.381 e. The third kappa shape index (κ3) is 2.13. The van der Waals surface area contributed by atoms with Crippen LogP contribution >= 0.6 is 11.3 Å². The van der Waals surface area contributed by atoms with Crippen LogP contribution in [0.4, 0.5) is 0 Å². The van der Waals surface area contributed by atoms with Gasteiger partial charge in [-0.3, -0.25) is 0 Å². The Bertz CT molecular complexity index is 346. The van der Waals surface area contributed by atoms with Crippen molar-refractivity contribution in [2.45, 2.75) is 31.4 Å². The molecule has 1 fully saturated rings. The monoisotopic (exact) mass is 242 g/mol. The van der Waals surface area contributed by atoms with Crippen molar-refractivity contribution in [2.75, 3.05) is 20.3 Å². The predicted octanol–water partition coefficient (Wildman–Crippen LogP) is 1.81. The van der Waals surface area contributed by atoms with E-state index in [-0.39, 0.29) is 11.6 Å². The van der Waals surface area contributed by atoms with Gasteiger partial charge in [0.25, 0.3) is 0 Å². The van der Waals surface area contributed by atoms with Gasteiger partial charge in [0.05, 0.1) is 5.69 Å². The highest BCUT2D eigenvalue weighted by molar-refractivity contribution is 7.09. The first-order chi connectivity index (χ1) is 7.68. The van der Waals surface area contributed by atoms with Crippen LogP contribution in [0.15, 0.2) is 5.38 Å². The van der Waals surface area contributed by atoms with E-state index in [0.717, 1.165) is 36.8 Å². The molecule has 1 aliphatic rings. The molecule has 5 heteroatoms. The first-order valence-electron chi connectivity index (χ1n) is 5.52. The summed E-state index contributed by atoms with van der Waals surface area (Å²) in [5, 5.41) is 3.06. The Kier molecular flexibility index (Phi) is 3.59. The Morgan fingerprint density at radius 1 is 1.56 bits per heavy atom. The molecule has 0 aliphatic carbocycles. The summed E-state index contributed by atoms with van der Waals surface area (Å²) in [7, 11) is 1.75. The van der Waals surface area contributed by atoms with Gasteiger partial charge in [-0.1, -0.05) is 0 Å². The third-order valence-corrected chi connectivity index (χ3v) is 4.12. The average molecular weight is 242 g/mol. The number of aromatic nitrogens is 1. The fraction of sp³-hybridized carbons (Fsp3) is 0.727. The van der Waals surface area contributed by atoms with E-state index in [4.69, 9.17) is 15.2 Å². The van der Waals surface area contributed by atoms with Crippen LogP contribution in [0.1, 0.15) is 36.5 Å². The molecule has 0 radical (unpaired) electrons. The largest absolute Gasteiger partial charge is 0.381 e. The van der Waals surface area contributed by atoms with Gasteiger partial charge in [-0.2, -0.15) is 0 Å². The number of thiazole rings is 1. The van der Waals surface area contributed by atoms with E-state index in [9.17, 15) is 0 Å². The van der Waals surface area contributed by atoms with Crippen molar-refractivity contribution in [1.29, 1.82) is 0 Å². The van der Waals surface area contributed by atoms with E-state index in [1.807, 2.05) is 12.3 Å². The molecule has 0 aromatic carbocycles. The molecular weight excluding hydrogens is 224 g/mol. The molecule has 1 aromatic rings. The van der Waals surface area contributed by atoms with Crippen molar-refractivity contribution >= 4 is 11.3 Å². The Morgan fingerprint density at radius 2 is 2.25 bits per heavy atom. The van der Waals surface area contributed by atoms with Crippen LogP contribution in [0.5, 0.6) is 0 Å². The minimum atomic E-state index is -0.254. The lowest BCUT2D eigenvalue weighted by molar-refractivity contribution is -0.0949. The zero-order valence-corrected chi connectivity index (χ0v) is 10.5. The molecule has 1 saturated heterocycles. The summed E-state index contributed by atoms with van der Waals surface area (Å²) < 4.78 is 11.1. The highest BCUT2D eigenvalue weighted by atomic mass is 32.1. The second kappa shape index (κ2) is 4.79. The van der Waals surface area contributed by atoms with Crippen molar-refractivity contribution < 1.29 is 9.47 Å². The van der Waals surface area contributed by atoms with Gasteiger partial charge in [0.15, 0.2) is 0 Å². The van der Waals surface area contributed by atoms with Crippen molar-refractivity contribution in [3.05, 3.63) is 16.1 Å². The van der Waals surface area contributed by atoms with Gasteiger partial charge >= 0.3 is 0 Å². The normalized spacial score (nSPS) is 21.9. The molecular formula is C11H18N2O2S. The smallest absolute Gasteiger partial charge is 0.125 e. The molecule has 0 bridgehead atoms. The maximum absolute atomic E-state index is 5.82. The fourth-order valence-corrected chi connectivity index (χ4v) is 3.07. The number of methoxy groups -OCH3 is 1. The van der Waals surface area contributed by atoms with Crippen LogP contribution in [-0.2, 0) is 15.1 Å². The van der Waals surface area contributed by atoms with Crippen LogP contribution in [-0.4, -0.2) is 25.3 Å². The highest BCUT2D eigenvalue weighted by Crippen LogP contribution is 2.37. The van der Waals surface area contributed by atoms with Gasteiger partial charge in [-0.25, -0.2) is 4.98 Å². The molecule has 1 aliphatic heterocycles. The SMILES string of the molecule is COC1(c2nc(C(C)N)cs2)CCOCC1. The van der Waals surface area contributed by atoms with E-state index in [0.29, 0.717) is 0 Å². The Labute approximate surface area is 99.8 Å². The van der Waals surface area contributed by atoms with Crippen LogP contribution in [0.2, 0.25) is 0 Å². The molecule has 90 valence electrons. The number of rotatable bonds is 3. The van der Waals surface area contributed by atoms with Crippen LogP contribution in [0, 0.1) is 0 Å². The summed E-state index contributed by atoms with van der Waals surface area (Å²) in [5.74, 6) is 0. The van der Waals surface area contributed by atoms with E-state index >= 15 is 0 Å². The average Bonchev–Trinajstić information content (AvgIpc) is 2.80. The fourth-order valence-electron chi connectivity index (χ4n) is 1.91. The third-order valence-electron chi connectivity index (χ3n) is 3.07. The summed E-state index contributed by atoms with van der Waals surface area (Å²) >= 11 is 1.64. The summed E-state index contributed by atoms with van der Waals surface area (Å²) in [6.45, 7) is 3.42. The first kappa shape index (κ1) is 12.0. The quantitative estimate of drug-likeness (QED) is 0.878.